The average molecular weight is 365 g/mol. The SMILES string of the molecule is CC(C)Oc1cccc(C(C)NC(=O)c2n[nH]c3c2CNCC3)c1.Cl. The molecule has 6 nitrogen and oxygen atoms in total. The Morgan fingerprint density at radius 2 is 2.12 bits per heavy atom. The molecule has 136 valence electrons. The molecule has 0 saturated carbocycles. The number of amides is 1. The molecule has 0 aliphatic carbocycles. The number of ether oxygens (including phenoxy) is 1. The van der Waals surface area contributed by atoms with Crippen LogP contribution in [0.2, 0.25) is 0 Å². The molecule has 0 radical (unpaired) electrons. The zero-order valence-corrected chi connectivity index (χ0v) is 15.6. The summed E-state index contributed by atoms with van der Waals surface area (Å²) in [6, 6.07) is 7.69. The highest BCUT2D eigenvalue weighted by atomic mass is 35.5. The summed E-state index contributed by atoms with van der Waals surface area (Å²) < 4.78 is 5.72. The third kappa shape index (κ3) is 4.52. The Kier molecular flexibility index (Phi) is 6.45. The van der Waals surface area contributed by atoms with Crippen LogP contribution in [0.5, 0.6) is 5.75 Å². The van der Waals surface area contributed by atoms with Gasteiger partial charge in [0.15, 0.2) is 5.69 Å². The van der Waals surface area contributed by atoms with Crippen LogP contribution in [0.4, 0.5) is 0 Å². The maximum absolute atomic E-state index is 12.6. The average Bonchev–Trinajstić information content (AvgIpc) is 2.98. The first-order chi connectivity index (χ1) is 11.5. The Morgan fingerprint density at radius 1 is 1.32 bits per heavy atom. The number of rotatable bonds is 5. The van der Waals surface area contributed by atoms with Crippen molar-refractivity contribution in [3.8, 4) is 5.75 Å². The number of aromatic amines is 1. The monoisotopic (exact) mass is 364 g/mol. The molecule has 3 N–H and O–H groups in total. The molecule has 2 aromatic rings. The lowest BCUT2D eigenvalue weighted by molar-refractivity contribution is 0.0933. The minimum Gasteiger partial charge on any atom is -0.491 e. The molecule has 1 unspecified atom stereocenters. The van der Waals surface area contributed by atoms with Gasteiger partial charge in [0.1, 0.15) is 5.75 Å². The Balaban J connectivity index is 0.00000225. The van der Waals surface area contributed by atoms with E-state index in [1.165, 1.54) is 0 Å². The second-order valence-electron chi connectivity index (χ2n) is 6.39. The second kappa shape index (κ2) is 8.36. The van der Waals surface area contributed by atoms with Gasteiger partial charge in [-0.1, -0.05) is 12.1 Å². The number of benzene rings is 1. The second-order valence-corrected chi connectivity index (χ2v) is 6.39. The summed E-state index contributed by atoms with van der Waals surface area (Å²) in [5.74, 6) is 0.656. The highest BCUT2D eigenvalue weighted by molar-refractivity contribution is 5.94. The lowest BCUT2D eigenvalue weighted by atomic mass is 10.1. The molecule has 1 atom stereocenters. The van der Waals surface area contributed by atoms with E-state index >= 15 is 0 Å². The number of carbonyl (C=O) groups is 1. The fourth-order valence-electron chi connectivity index (χ4n) is 2.89. The molecule has 2 heterocycles. The van der Waals surface area contributed by atoms with Gasteiger partial charge in [0, 0.05) is 30.8 Å². The van der Waals surface area contributed by atoms with E-state index in [0.29, 0.717) is 12.2 Å². The van der Waals surface area contributed by atoms with E-state index < -0.39 is 0 Å². The van der Waals surface area contributed by atoms with E-state index in [1.807, 2.05) is 45.0 Å². The Bertz CT molecular complexity index is 730. The summed E-state index contributed by atoms with van der Waals surface area (Å²) in [4.78, 5) is 12.6. The maximum Gasteiger partial charge on any atom is 0.272 e. The van der Waals surface area contributed by atoms with Gasteiger partial charge < -0.3 is 15.4 Å². The van der Waals surface area contributed by atoms with E-state index in [4.69, 9.17) is 4.74 Å². The van der Waals surface area contributed by atoms with E-state index in [0.717, 1.165) is 35.5 Å². The predicted molar refractivity (Wildman–Crippen MR) is 99.3 cm³/mol. The number of halogens is 1. The van der Waals surface area contributed by atoms with Gasteiger partial charge in [-0.3, -0.25) is 9.89 Å². The molecule has 7 heteroatoms. The van der Waals surface area contributed by atoms with E-state index in [-0.39, 0.29) is 30.5 Å². The number of carbonyl (C=O) groups excluding carboxylic acids is 1. The van der Waals surface area contributed by atoms with Gasteiger partial charge >= 0.3 is 0 Å². The van der Waals surface area contributed by atoms with Crippen molar-refractivity contribution in [1.29, 1.82) is 0 Å². The molecule has 0 fully saturated rings. The number of fused-ring (bicyclic) bond motifs is 1. The van der Waals surface area contributed by atoms with Crippen molar-refractivity contribution in [3.05, 3.63) is 46.8 Å². The van der Waals surface area contributed by atoms with Gasteiger partial charge in [0.25, 0.3) is 5.91 Å². The van der Waals surface area contributed by atoms with Gasteiger partial charge in [-0.25, -0.2) is 0 Å². The summed E-state index contributed by atoms with van der Waals surface area (Å²) in [5.41, 5.74) is 3.52. The number of aromatic nitrogens is 2. The van der Waals surface area contributed by atoms with Crippen LogP contribution in [-0.4, -0.2) is 28.8 Å². The van der Waals surface area contributed by atoms with Crippen LogP contribution in [0.25, 0.3) is 0 Å². The largest absolute Gasteiger partial charge is 0.491 e. The van der Waals surface area contributed by atoms with Gasteiger partial charge in [0.05, 0.1) is 12.1 Å². The topological polar surface area (TPSA) is 79.0 Å². The Hall–Kier alpha value is -2.05. The first-order valence-electron chi connectivity index (χ1n) is 8.39. The minimum atomic E-state index is -0.154. The lowest BCUT2D eigenvalue weighted by Gasteiger charge is -2.17. The van der Waals surface area contributed by atoms with Gasteiger partial charge in [-0.15, -0.1) is 12.4 Å². The fourth-order valence-corrected chi connectivity index (χ4v) is 2.89. The Labute approximate surface area is 154 Å². The normalized spacial score (nSPS) is 14.4. The van der Waals surface area contributed by atoms with E-state index in [9.17, 15) is 4.79 Å². The van der Waals surface area contributed by atoms with Gasteiger partial charge in [-0.2, -0.15) is 5.10 Å². The molecular weight excluding hydrogens is 340 g/mol. The van der Waals surface area contributed by atoms with Crippen LogP contribution < -0.4 is 15.4 Å². The van der Waals surface area contributed by atoms with Crippen molar-refractivity contribution >= 4 is 18.3 Å². The van der Waals surface area contributed by atoms with Crippen molar-refractivity contribution in [1.82, 2.24) is 20.8 Å². The van der Waals surface area contributed by atoms with Crippen molar-refractivity contribution in [2.24, 2.45) is 0 Å². The highest BCUT2D eigenvalue weighted by Gasteiger charge is 2.22. The van der Waals surface area contributed by atoms with Crippen LogP contribution in [0.1, 0.15) is 54.1 Å². The zero-order chi connectivity index (χ0) is 17.1. The van der Waals surface area contributed by atoms with Crippen molar-refractivity contribution < 1.29 is 9.53 Å². The molecule has 1 aliphatic heterocycles. The first kappa shape index (κ1) is 19.3. The van der Waals surface area contributed by atoms with E-state index in [1.54, 1.807) is 0 Å². The molecule has 1 aliphatic rings. The zero-order valence-electron chi connectivity index (χ0n) is 14.8. The standard InChI is InChI=1S/C18H24N4O2.ClH/c1-11(2)24-14-6-4-5-13(9-14)12(3)20-18(23)17-15-10-19-8-7-16(15)21-22-17;/h4-6,9,11-12,19H,7-8,10H2,1-3H3,(H,20,23)(H,21,22);1H. The molecule has 1 aromatic carbocycles. The molecule has 3 rings (SSSR count). The van der Waals surface area contributed by atoms with Crippen LogP contribution in [0, 0.1) is 0 Å². The first-order valence-corrected chi connectivity index (χ1v) is 8.39. The number of hydrogen-bond acceptors (Lipinski definition) is 4. The number of nitrogens with one attached hydrogen (secondary N) is 3. The molecule has 25 heavy (non-hydrogen) atoms. The van der Waals surface area contributed by atoms with Crippen LogP contribution in [-0.2, 0) is 13.0 Å². The van der Waals surface area contributed by atoms with Crippen LogP contribution in [0.15, 0.2) is 24.3 Å². The van der Waals surface area contributed by atoms with Gasteiger partial charge in [0.2, 0.25) is 0 Å². The third-order valence-electron chi connectivity index (χ3n) is 4.10. The third-order valence-corrected chi connectivity index (χ3v) is 4.10. The summed E-state index contributed by atoms with van der Waals surface area (Å²) in [6.45, 7) is 7.54. The van der Waals surface area contributed by atoms with Crippen LogP contribution in [0.3, 0.4) is 0 Å². The fraction of sp³-hybridized carbons (Fsp3) is 0.444. The number of H-pyrrole nitrogens is 1. The van der Waals surface area contributed by atoms with Gasteiger partial charge in [-0.05, 0) is 38.5 Å². The van der Waals surface area contributed by atoms with E-state index in [2.05, 4.69) is 20.8 Å². The summed E-state index contributed by atoms with van der Waals surface area (Å²) in [7, 11) is 0. The molecule has 1 amide bonds. The van der Waals surface area contributed by atoms with Crippen molar-refractivity contribution in [2.45, 2.75) is 45.9 Å². The lowest BCUT2D eigenvalue weighted by Crippen LogP contribution is -2.30. The van der Waals surface area contributed by atoms with Crippen molar-refractivity contribution in [2.75, 3.05) is 6.54 Å². The quantitative estimate of drug-likeness (QED) is 0.762. The summed E-state index contributed by atoms with van der Waals surface area (Å²) in [5, 5.41) is 13.5. The molecular formula is C18H25ClN4O2. The molecule has 1 aromatic heterocycles. The molecule has 0 saturated heterocycles. The highest BCUT2D eigenvalue weighted by Crippen LogP contribution is 2.21. The number of nitrogens with zero attached hydrogens (tertiary/aromatic N) is 1. The smallest absolute Gasteiger partial charge is 0.272 e. The summed E-state index contributed by atoms with van der Waals surface area (Å²) >= 11 is 0. The maximum atomic E-state index is 12.6. The van der Waals surface area contributed by atoms with Crippen molar-refractivity contribution in [3.63, 3.8) is 0 Å². The predicted octanol–water partition coefficient (Wildman–Crippen LogP) is 2.76. The minimum absolute atomic E-state index is 0. The Morgan fingerprint density at radius 3 is 2.88 bits per heavy atom. The summed E-state index contributed by atoms with van der Waals surface area (Å²) in [6.07, 6.45) is 0.993. The van der Waals surface area contributed by atoms with Crippen LogP contribution >= 0.6 is 12.4 Å². The molecule has 0 bridgehead atoms. The number of hydrogen-bond donors (Lipinski definition) is 3. The molecule has 0 spiro atoms.